The van der Waals surface area contributed by atoms with Gasteiger partial charge in [0.2, 0.25) is 0 Å². The first-order chi connectivity index (χ1) is 28.6. The molecule has 0 heterocycles. The Kier molecular flexibility index (Phi) is 47.9. The molecule has 340 valence electrons. The Morgan fingerprint density at radius 3 is 1.24 bits per heavy atom. The zero-order chi connectivity index (χ0) is 42.1. The first-order valence-electron chi connectivity index (χ1n) is 25.5. The summed E-state index contributed by atoms with van der Waals surface area (Å²) >= 11 is 0. The molecule has 0 aromatic carbocycles. The second kappa shape index (κ2) is 49.5. The lowest BCUT2D eigenvalue weighted by molar-refractivity contribution is -0.163. The van der Waals surface area contributed by atoms with Gasteiger partial charge in [-0.1, -0.05) is 218 Å². The maximum Gasteiger partial charge on any atom is 0.306 e. The van der Waals surface area contributed by atoms with E-state index in [4.69, 9.17) is 14.2 Å². The summed E-state index contributed by atoms with van der Waals surface area (Å²) in [5.41, 5.74) is 0. The van der Waals surface area contributed by atoms with Gasteiger partial charge in [0.25, 0.3) is 0 Å². The Morgan fingerprint density at radius 2 is 0.741 bits per heavy atom. The lowest BCUT2D eigenvalue weighted by Crippen LogP contribution is -2.30. The largest absolute Gasteiger partial charge is 0.462 e. The summed E-state index contributed by atoms with van der Waals surface area (Å²) in [4.78, 5) is 25.3. The molecule has 0 aliphatic rings. The predicted octanol–water partition coefficient (Wildman–Crippen LogP) is 17.0. The molecule has 1 atom stereocenters. The number of rotatable bonds is 47. The number of carbonyl (C=O) groups is 2. The average molecular weight is 815 g/mol. The standard InChI is InChI=1S/C53H98O5/c1-4-7-10-13-16-19-22-23-24-25-26-27-28-29-30-33-36-39-42-45-48-56-49-51(58-53(55)47-44-41-38-35-32-21-18-15-12-9-6-3)50-57-52(54)46-43-40-37-34-31-20-17-14-11-8-5-2/h14,16-17,19,23-24,51H,4-13,15,18,20-22,25-50H2,1-3H3/b17-14-,19-16-,24-23-. The van der Waals surface area contributed by atoms with Crippen LogP contribution in [0.5, 0.6) is 0 Å². The molecule has 0 aromatic heterocycles. The molecule has 0 fully saturated rings. The van der Waals surface area contributed by atoms with Crippen LogP contribution in [0, 0.1) is 0 Å². The van der Waals surface area contributed by atoms with Crippen LogP contribution in [-0.4, -0.2) is 37.9 Å². The topological polar surface area (TPSA) is 61.8 Å². The second-order valence-corrected chi connectivity index (χ2v) is 17.1. The highest BCUT2D eigenvalue weighted by molar-refractivity contribution is 5.70. The molecular formula is C53H98O5. The van der Waals surface area contributed by atoms with Gasteiger partial charge in [-0.15, -0.1) is 0 Å². The third-order valence-corrected chi connectivity index (χ3v) is 11.1. The van der Waals surface area contributed by atoms with Gasteiger partial charge in [-0.25, -0.2) is 0 Å². The quantitative estimate of drug-likeness (QED) is 0.0348. The number of unbranched alkanes of at least 4 members (excludes halogenated alkanes) is 30. The summed E-state index contributed by atoms with van der Waals surface area (Å²) in [5, 5.41) is 0. The van der Waals surface area contributed by atoms with Crippen LogP contribution in [0.3, 0.4) is 0 Å². The van der Waals surface area contributed by atoms with Gasteiger partial charge in [-0.2, -0.15) is 0 Å². The van der Waals surface area contributed by atoms with Gasteiger partial charge in [-0.05, 0) is 70.6 Å². The molecule has 0 aromatic rings. The fourth-order valence-corrected chi connectivity index (χ4v) is 7.29. The number of ether oxygens (including phenoxy) is 3. The van der Waals surface area contributed by atoms with Gasteiger partial charge in [0.1, 0.15) is 6.61 Å². The van der Waals surface area contributed by atoms with E-state index in [0.29, 0.717) is 19.4 Å². The summed E-state index contributed by atoms with van der Waals surface area (Å²) in [6.07, 6.45) is 58.7. The molecule has 0 spiro atoms. The molecule has 0 N–H and O–H groups in total. The van der Waals surface area contributed by atoms with Crippen LogP contribution in [0.1, 0.15) is 265 Å². The third kappa shape index (κ3) is 46.8. The molecule has 0 aliphatic carbocycles. The van der Waals surface area contributed by atoms with Crippen LogP contribution in [-0.2, 0) is 23.8 Å². The van der Waals surface area contributed by atoms with E-state index in [1.54, 1.807) is 0 Å². The molecule has 0 saturated carbocycles. The monoisotopic (exact) mass is 815 g/mol. The van der Waals surface area contributed by atoms with Crippen molar-refractivity contribution in [1.82, 2.24) is 0 Å². The van der Waals surface area contributed by atoms with E-state index in [1.807, 2.05) is 0 Å². The Labute approximate surface area is 361 Å². The van der Waals surface area contributed by atoms with E-state index < -0.39 is 6.10 Å². The average Bonchev–Trinajstić information content (AvgIpc) is 3.22. The van der Waals surface area contributed by atoms with Crippen LogP contribution in [0.25, 0.3) is 0 Å². The summed E-state index contributed by atoms with van der Waals surface area (Å²) in [5.74, 6) is -0.400. The molecular weight excluding hydrogens is 717 g/mol. The summed E-state index contributed by atoms with van der Waals surface area (Å²) in [7, 11) is 0. The minimum atomic E-state index is -0.534. The van der Waals surface area contributed by atoms with Gasteiger partial charge in [0.05, 0.1) is 6.61 Å². The minimum absolute atomic E-state index is 0.0841. The van der Waals surface area contributed by atoms with Crippen molar-refractivity contribution in [1.29, 1.82) is 0 Å². The van der Waals surface area contributed by atoms with E-state index in [0.717, 1.165) is 57.8 Å². The highest BCUT2D eigenvalue weighted by Gasteiger charge is 2.17. The summed E-state index contributed by atoms with van der Waals surface area (Å²) in [6, 6.07) is 0. The Balaban J connectivity index is 4.17. The highest BCUT2D eigenvalue weighted by Crippen LogP contribution is 2.15. The van der Waals surface area contributed by atoms with Gasteiger partial charge < -0.3 is 14.2 Å². The van der Waals surface area contributed by atoms with Crippen molar-refractivity contribution in [2.24, 2.45) is 0 Å². The van der Waals surface area contributed by atoms with E-state index in [2.05, 4.69) is 57.2 Å². The van der Waals surface area contributed by atoms with Gasteiger partial charge in [0, 0.05) is 19.4 Å². The molecule has 58 heavy (non-hydrogen) atoms. The maximum atomic E-state index is 12.7. The van der Waals surface area contributed by atoms with E-state index in [9.17, 15) is 9.59 Å². The molecule has 0 aliphatic heterocycles. The lowest BCUT2D eigenvalue weighted by atomic mass is 10.1. The first-order valence-corrected chi connectivity index (χ1v) is 25.5. The Hall–Kier alpha value is -1.88. The van der Waals surface area contributed by atoms with Crippen molar-refractivity contribution >= 4 is 11.9 Å². The number of allylic oxidation sites excluding steroid dienone is 6. The van der Waals surface area contributed by atoms with Crippen molar-refractivity contribution in [2.45, 2.75) is 271 Å². The smallest absolute Gasteiger partial charge is 0.306 e. The number of carbonyl (C=O) groups excluding carboxylic acids is 2. The van der Waals surface area contributed by atoms with Gasteiger partial charge in [-0.3, -0.25) is 9.59 Å². The van der Waals surface area contributed by atoms with Crippen LogP contribution < -0.4 is 0 Å². The first kappa shape index (κ1) is 56.1. The van der Waals surface area contributed by atoms with Crippen molar-refractivity contribution in [3.8, 4) is 0 Å². The number of hydrogen-bond acceptors (Lipinski definition) is 5. The zero-order valence-corrected chi connectivity index (χ0v) is 39.1. The number of hydrogen-bond donors (Lipinski definition) is 0. The molecule has 5 nitrogen and oxygen atoms in total. The highest BCUT2D eigenvalue weighted by atomic mass is 16.6. The van der Waals surface area contributed by atoms with Crippen LogP contribution in [0.15, 0.2) is 36.5 Å². The van der Waals surface area contributed by atoms with Crippen LogP contribution in [0.4, 0.5) is 0 Å². The minimum Gasteiger partial charge on any atom is -0.462 e. The van der Waals surface area contributed by atoms with E-state index in [-0.39, 0.29) is 25.2 Å². The number of esters is 2. The Bertz CT molecular complexity index is 924. The molecule has 5 heteroatoms. The molecule has 0 amide bonds. The normalized spacial score (nSPS) is 12.4. The van der Waals surface area contributed by atoms with Crippen LogP contribution >= 0.6 is 0 Å². The van der Waals surface area contributed by atoms with Crippen LogP contribution in [0.2, 0.25) is 0 Å². The fraction of sp³-hybridized carbons (Fsp3) is 0.849. The SMILES string of the molecule is CCCC/C=C\CCCCCCCC(=O)OCC(COCCCCCCCCCCCC/C=C\C/C=C\CCCCC)OC(=O)CCCCCCCCCCCCC. The van der Waals surface area contributed by atoms with Gasteiger partial charge >= 0.3 is 11.9 Å². The third-order valence-electron chi connectivity index (χ3n) is 11.1. The molecule has 0 radical (unpaired) electrons. The second-order valence-electron chi connectivity index (χ2n) is 17.1. The van der Waals surface area contributed by atoms with E-state index in [1.165, 1.54) is 173 Å². The maximum absolute atomic E-state index is 12.7. The van der Waals surface area contributed by atoms with E-state index >= 15 is 0 Å². The fourth-order valence-electron chi connectivity index (χ4n) is 7.29. The molecule has 0 saturated heterocycles. The van der Waals surface area contributed by atoms with Crippen molar-refractivity contribution < 1.29 is 23.8 Å². The summed E-state index contributed by atoms with van der Waals surface area (Å²) in [6.45, 7) is 7.78. The molecule has 1 unspecified atom stereocenters. The molecule has 0 rings (SSSR count). The summed E-state index contributed by atoms with van der Waals surface area (Å²) < 4.78 is 17.4. The van der Waals surface area contributed by atoms with Crippen molar-refractivity contribution in [3.05, 3.63) is 36.5 Å². The molecule has 0 bridgehead atoms. The lowest BCUT2D eigenvalue weighted by Gasteiger charge is -2.18. The predicted molar refractivity (Wildman–Crippen MR) is 252 cm³/mol. The Morgan fingerprint density at radius 1 is 0.379 bits per heavy atom. The van der Waals surface area contributed by atoms with Crippen molar-refractivity contribution in [3.63, 3.8) is 0 Å². The zero-order valence-electron chi connectivity index (χ0n) is 39.1. The van der Waals surface area contributed by atoms with Crippen molar-refractivity contribution in [2.75, 3.05) is 19.8 Å². The van der Waals surface area contributed by atoms with Gasteiger partial charge in [0.15, 0.2) is 6.10 Å².